The van der Waals surface area contributed by atoms with E-state index in [0.717, 1.165) is 27.9 Å². The first-order valence-corrected chi connectivity index (χ1v) is 15.2. The molecule has 1 aromatic carbocycles. The van der Waals surface area contributed by atoms with Gasteiger partial charge in [0.15, 0.2) is 19.0 Å². The van der Waals surface area contributed by atoms with Crippen molar-refractivity contribution in [3.8, 4) is 0 Å². The summed E-state index contributed by atoms with van der Waals surface area (Å²) in [7, 11) is -3.40. The molecule has 3 aromatic heterocycles. The number of hydrazine groups is 1. The van der Waals surface area contributed by atoms with Crippen LogP contribution in [0.25, 0.3) is 27.4 Å². The summed E-state index contributed by atoms with van der Waals surface area (Å²) >= 11 is 0. The predicted octanol–water partition coefficient (Wildman–Crippen LogP) is 2.49. The van der Waals surface area contributed by atoms with Gasteiger partial charge in [0.2, 0.25) is 0 Å². The van der Waals surface area contributed by atoms with Crippen LogP contribution in [0.5, 0.6) is 0 Å². The fourth-order valence-corrected chi connectivity index (χ4v) is 5.59. The molecule has 0 bridgehead atoms. The highest BCUT2D eigenvalue weighted by atomic mass is 31.2. The number of benzene rings is 1. The van der Waals surface area contributed by atoms with E-state index in [4.69, 9.17) is 11.6 Å². The highest BCUT2D eigenvalue weighted by Gasteiger charge is 2.29. The fraction of sp³-hybridized carbons (Fsp3) is 0.259. The minimum absolute atomic E-state index is 0.0616. The van der Waals surface area contributed by atoms with Crippen LogP contribution < -0.4 is 21.5 Å². The number of halogens is 1. The smallest absolute Gasteiger partial charge is 0.254 e. The second-order valence-electron chi connectivity index (χ2n) is 9.89. The number of carbonyl (C=O) groups excluding carboxylic acids is 1. The van der Waals surface area contributed by atoms with Gasteiger partial charge in [0.25, 0.3) is 5.91 Å². The molecule has 1 amide bonds. The van der Waals surface area contributed by atoms with E-state index in [1.807, 2.05) is 24.3 Å². The lowest BCUT2D eigenvalue weighted by molar-refractivity contribution is -0.125. The fourth-order valence-electron chi connectivity index (χ4n) is 5.00. The number of piperazine rings is 1. The summed E-state index contributed by atoms with van der Waals surface area (Å²) in [5, 5.41) is 2.14. The monoisotopic (exact) mass is 579 g/mol. The molecule has 214 valence electrons. The number of rotatable bonds is 8. The molecule has 0 spiro atoms. The minimum Gasteiger partial charge on any atom is -0.403 e. The third-order valence-electron chi connectivity index (χ3n) is 7.05. The lowest BCUT2D eigenvalue weighted by Crippen LogP contribution is -2.49. The van der Waals surface area contributed by atoms with Crippen molar-refractivity contribution in [2.45, 2.75) is 6.54 Å². The lowest BCUT2D eigenvalue weighted by Gasteiger charge is -2.36. The van der Waals surface area contributed by atoms with Crippen LogP contribution in [0, 0.1) is 5.82 Å². The summed E-state index contributed by atoms with van der Waals surface area (Å²) in [5.41, 5.74) is 6.93. The van der Waals surface area contributed by atoms with Crippen LogP contribution in [0.2, 0.25) is 0 Å². The molecule has 0 radical (unpaired) electrons. The van der Waals surface area contributed by atoms with E-state index in [0.29, 0.717) is 26.2 Å². The van der Waals surface area contributed by atoms with Crippen LogP contribution in [0.1, 0.15) is 5.56 Å². The molecule has 41 heavy (non-hydrogen) atoms. The number of amides is 1. The highest BCUT2D eigenvalue weighted by Crippen LogP contribution is 2.38. The normalized spacial score (nSPS) is 15.5. The van der Waals surface area contributed by atoms with E-state index in [1.54, 1.807) is 15.7 Å². The molecule has 0 aliphatic carbocycles. The molecule has 0 saturated carbocycles. The summed E-state index contributed by atoms with van der Waals surface area (Å²) in [6.07, 6.45) is 6.56. The Labute approximate surface area is 235 Å². The Kier molecular flexibility index (Phi) is 7.76. The largest absolute Gasteiger partial charge is 0.403 e. The quantitative estimate of drug-likeness (QED) is 0.122. The van der Waals surface area contributed by atoms with Crippen LogP contribution in [-0.2, 0) is 15.9 Å². The minimum atomic E-state index is -3.40. The number of fused-ring (bicyclic) bond motifs is 2. The number of hydrogen-bond acceptors (Lipinski definition) is 9. The molecule has 14 heteroatoms. The Morgan fingerprint density at radius 3 is 2.66 bits per heavy atom. The summed E-state index contributed by atoms with van der Waals surface area (Å²) in [4.78, 5) is 40.3. The maximum Gasteiger partial charge on any atom is 0.254 e. The topological polar surface area (TPSA) is 160 Å². The number of aromatic nitrogens is 4. The molecule has 1 fully saturated rings. The Bertz CT molecular complexity index is 1700. The summed E-state index contributed by atoms with van der Waals surface area (Å²) < 4.78 is 29.0. The molecule has 1 unspecified atom stereocenters. The van der Waals surface area contributed by atoms with Crippen molar-refractivity contribution >= 4 is 52.3 Å². The van der Waals surface area contributed by atoms with Gasteiger partial charge in [0.1, 0.15) is 12.1 Å². The predicted molar refractivity (Wildman–Crippen MR) is 158 cm³/mol. The van der Waals surface area contributed by atoms with E-state index < -0.39 is 13.2 Å². The number of anilines is 2. The first-order chi connectivity index (χ1) is 19.6. The standard InChI is InChI=1S/C27H31FN9O3P/c1-18(27(38)35-11-9-34(10-12-35)25-19-5-3-4-6-22(19)32-17-33-25)20-16-36(13-14-41(2,39)40)24-23(20)21(28)15-31-26(24)37(30)8-7-29/h3-8,15-17H,1,9-14,29-30H2,2H3,(H,39,40)/b8-7-. The number of carbonyl (C=O) groups is 1. The van der Waals surface area contributed by atoms with Crippen molar-refractivity contribution in [1.82, 2.24) is 24.4 Å². The maximum atomic E-state index is 15.3. The van der Waals surface area contributed by atoms with Gasteiger partial charge in [-0.05, 0) is 12.1 Å². The molecule has 5 rings (SSSR count). The second kappa shape index (κ2) is 11.3. The number of aryl methyl sites for hydroxylation is 1. The molecule has 1 saturated heterocycles. The van der Waals surface area contributed by atoms with E-state index >= 15 is 4.39 Å². The van der Waals surface area contributed by atoms with Gasteiger partial charge in [-0.3, -0.25) is 14.4 Å². The molecule has 4 heterocycles. The summed E-state index contributed by atoms with van der Waals surface area (Å²) in [6.45, 7) is 7.24. The number of hydrogen-bond donors (Lipinski definition) is 3. The van der Waals surface area contributed by atoms with Gasteiger partial charge in [0, 0.05) is 86.1 Å². The average molecular weight is 580 g/mol. The van der Waals surface area contributed by atoms with Crippen LogP contribution in [0.4, 0.5) is 16.0 Å². The lowest BCUT2D eigenvalue weighted by atomic mass is 10.0. The Morgan fingerprint density at radius 2 is 1.95 bits per heavy atom. The zero-order valence-corrected chi connectivity index (χ0v) is 23.4. The summed E-state index contributed by atoms with van der Waals surface area (Å²) in [5.74, 6) is 6.02. The van der Waals surface area contributed by atoms with Gasteiger partial charge in [-0.1, -0.05) is 18.7 Å². The van der Waals surface area contributed by atoms with Crippen molar-refractivity contribution in [2.24, 2.45) is 11.6 Å². The Morgan fingerprint density at radius 1 is 1.22 bits per heavy atom. The van der Waals surface area contributed by atoms with Crippen LogP contribution >= 0.6 is 7.37 Å². The molecule has 4 aromatic rings. The van der Waals surface area contributed by atoms with E-state index in [1.165, 1.54) is 25.4 Å². The van der Waals surface area contributed by atoms with E-state index in [2.05, 4.69) is 26.4 Å². The van der Waals surface area contributed by atoms with Crippen molar-refractivity contribution in [2.75, 3.05) is 48.9 Å². The third-order valence-corrected chi connectivity index (χ3v) is 8.08. The van der Waals surface area contributed by atoms with Gasteiger partial charge in [-0.25, -0.2) is 25.2 Å². The highest BCUT2D eigenvalue weighted by molar-refractivity contribution is 7.57. The van der Waals surface area contributed by atoms with Gasteiger partial charge in [-0.15, -0.1) is 0 Å². The molecule has 1 atom stereocenters. The van der Waals surface area contributed by atoms with Crippen molar-refractivity contribution in [3.63, 3.8) is 0 Å². The molecule has 1 aliphatic rings. The van der Waals surface area contributed by atoms with Crippen molar-refractivity contribution in [1.29, 1.82) is 0 Å². The molecular formula is C27H31FN9O3P. The van der Waals surface area contributed by atoms with Crippen LogP contribution in [0.15, 0.2) is 62.0 Å². The van der Waals surface area contributed by atoms with Crippen molar-refractivity contribution in [3.05, 3.63) is 73.3 Å². The van der Waals surface area contributed by atoms with E-state index in [9.17, 15) is 14.3 Å². The summed E-state index contributed by atoms with van der Waals surface area (Å²) in [6, 6.07) is 7.75. The maximum absolute atomic E-state index is 15.3. The van der Waals surface area contributed by atoms with Crippen LogP contribution in [0.3, 0.4) is 0 Å². The zero-order valence-electron chi connectivity index (χ0n) is 22.5. The van der Waals surface area contributed by atoms with Gasteiger partial charge >= 0.3 is 0 Å². The molecular weight excluding hydrogens is 548 g/mol. The second-order valence-corrected chi connectivity index (χ2v) is 12.4. The van der Waals surface area contributed by atoms with Crippen molar-refractivity contribution < 1.29 is 18.6 Å². The van der Waals surface area contributed by atoms with Gasteiger partial charge in [-0.2, -0.15) is 0 Å². The number of para-hydroxylation sites is 1. The SMILES string of the molecule is C=C(C(=O)N1CCN(c2ncnc3ccccc23)CC1)c1cn(CCP(C)(=O)O)c2c(N(N)/C=C\N)ncc(F)c12. The first kappa shape index (κ1) is 28.2. The number of nitrogens with zero attached hydrogens (tertiary/aromatic N) is 7. The molecule has 1 aliphatic heterocycles. The number of pyridine rings is 1. The number of nitrogens with two attached hydrogens (primary N) is 2. The van der Waals surface area contributed by atoms with Gasteiger partial charge < -0.3 is 25.0 Å². The zero-order chi connectivity index (χ0) is 29.3. The molecule has 5 N–H and O–H groups in total. The Balaban J connectivity index is 1.44. The van der Waals surface area contributed by atoms with E-state index in [-0.39, 0.29) is 46.5 Å². The van der Waals surface area contributed by atoms with Crippen LogP contribution in [-0.4, -0.2) is 74.2 Å². The third kappa shape index (κ3) is 5.64. The molecule has 12 nitrogen and oxygen atoms in total. The van der Waals surface area contributed by atoms with Gasteiger partial charge in [0.05, 0.1) is 17.2 Å². The average Bonchev–Trinajstić information content (AvgIpc) is 3.35. The Hall–Kier alpha value is -4.32. The first-order valence-electron chi connectivity index (χ1n) is 12.9.